The summed E-state index contributed by atoms with van der Waals surface area (Å²) in [6.07, 6.45) is 1.37. The molecule has 0 amide bonds. The molecular weight excluding hydrogens is 286 g/mol. The molecule has 1 unspecified atom stereocenters. The van der Waals surface area contributed by atoms with Gasteiger partial charge >= 0.3 is 0 Å². The minimum Gasteiger partial charge on any atom is -0.352 e. The van der Waals surface area contributed by atoms with E-state index >= 15 is 0 Å². The first-order valence-corrected chi connectivity index (χ1v) is 6.90. The Kier molecular flexibility index (Phi) is 3.59. The highest BCUT2D eigenvalue weighted by atomic mass is 35.5. The van der Waals surface area contributed by atoms with Gasteiger partial charge < -0.3 is 5.32 Å². The third-order valence-corrected chi connectivity index (χ3v) is 3.61. The standard InChI is InChI=1S/C17H12ClNO2/c18-12-6-8-13(9-7-12)19-14-10-15(20)16(17(14)21)11-4-2-1-3-5-11/h1-10,16,19H. The molecule has 0 aliphatic heterocycles. The Labute approximate surface area is 127 Å². The van der Waals surface area contributed by atoms with E-state index in [0.29, 0.717) is 10.7 Å². The molecule has 2 aromatic carbocycles. The van der Waals surface area contributed by atoms with Crippen LogP contribution in [0.5, 0.6) is 0 Å². The summed E-state index contributed by atoms with van der Waals surface area (Å²) in [7, 11) is 0. The SMILES string of the molecule is O=C1C=C(Nc2ccc(Cl)cc2)C(=O)C1c1ccccc1. The van der Waals surface area contributed by atoms with Gasteiger partial charge in [0.05, 0.1) is 5.70 Å². The predicted octanol–water partition coefficient (Wildman–Crippen LogP) is 3.57. The van der Waals surface area contributed by atoms with Crippen molar-refractivity contribution in [1.29, 1.82) is 0 Å². The lowest BCUT2D eigenvalue weighted by atomic mass is 9.95. The third kappa shape index (κ3) is 2.73. The molecule has 0 saturated carbocycles. The highest BCUT2D eigenvalue weighted by Gasteiger charge is 2.35. The quantitative estimate of drug-likeness (QED) is 0.881. The molecule has 4 heteroatoms. The summed E-state index contributed by atoms with van der Waals surface area (Å²) in [5, 5.41) is 3.60. The lowest BCUT2D eigenvalue weighted by Crippen LogP contribution is -2.17. The van der Waals surface area contributed by atoms with Crippen LogP contribution in [0.4, 0.5) is 5.69 Å². The Balaban J connectivity index is 1.83. The van der Waals surface area contributed by atoms with Crippen LogP contribution in [0, 0.1) is 0 Å². The summed E-state index contributed by atoms with van der Waals surface area (Å²) in [6.45, 7) is 0. The Morgan fingerprint density at radius 2 is 1.57 bits per heavy atom. The highest BCUT2D eigenvalue weighted by Crippen LogP contribution is 2.28. The van der Waals surface area contributed by atoms with E-state index in [0.717, 1.165) is 11.3 Å². The van der Waals surface area contributed by atoms with Crippen molar-refractivity contribution in [2.45, 2.75) is 5.92 Å². The predicted molar refractivity (Wildman–Crippen MR) is 82.4 cm³/mol. The number of halogens is 1. The summed E-state index contributed by atoms with van der Waals surface area (Å²) in [5.41, 5.74) is 1.76. The average Bonchev–Trinajstić information content (AvgIpc) is 2.77. The number of benzene rings is 2. The number of carbonyl (C=O) groups is 2. The highest BCUT2D eigenvalue weighted by molar-refractivity contribution is 6.30. The summed E-state index contributed by atoms with van der Waals surface area (Å²) in [4.78, 5) is 24.5. The molecule has 0 radical (unpaired) electrons. The van der Waals surface area contributed by atoms with Crippen molar-refractivity contribution >= 4 is 28.9 Å². The third-order valence-electron chi connectivity index (χ3n) is 3.35. The maximum Gasteiger partial charge on any atom is 0.194 e. The first-order chi connectivity index (χ1) is 10.1. The fraction of sp³-hybridized carbons (Fsp3) is 0.0588. The van der Waals surface area contributed by atoms with Crippen LogP contribution in [-0.4, -0.2) is 11.6 Å². The van der Waals surface area contributed by atoms with Crippen LogP contribution in [0.15, 0.2) is 66.4 Å². The molecule has 1 N–H and O–H groups in total. The number of carbonyl (C=O) groups excluding carboxylic acids is 2. The largest absolute Gasteiger partial charge is 0.352 e. The minimum absolute atomic E-state index is 0.192. The normalized spacial score (nSPS) is 17.8. The number of allylic oxidation sites excluding steroid dienone is 2. The Bertz CT molecular complexity index is 720. The topological polar surface area (TPSA) is 46.2 Å². The van der Waals surface area contributed by atoms with Gasteiger partial charge in [-0.3, -0.25) is 9.59 Å². The van der Waals surface area contributed by atoms with E-state index in [1.165, 1.54) is 6.08 Å². The van der Waals surface area contributed by atoms with Gasteiger partial charge in [0.1, 0.15) is 5.92 Å². The van der Waals surface area contributed by atoms with E-state index in [9.17, 15) is 9.59 Å². The molecule has 104 valence electrons. The molecule has 0 aromatic heterocycles. The van der Waals surface area contributed by atoms with Crippen LogP contribution in [0.25, 0.3) is 0 Å². The van der Waals surface area contributed by atoms with Crippen molar-refractivity contribution in [1.82, 2.24) is 0 Å². The number of ketones is 2. The fourth-order valence-electron chi connectivity index (χ4n) is 2.33. The number of hydrogen-bond donors (Lipinski definition) is 1. The molecular formula is C17H12ClNO2. The van der Waals surface area contributed by atoms with E-state index in [1.807, 2.05) is 18.2 Å². The van der Waals surface area contributed by atoms with Crippen LogP contribution >= 0.6 is 11.6 Å². The van der Waals surface area contributed by atoms with Gasteiger partial charge in [0.15, 0.2) is 11.6 Å². The van der Waals surface area contributed by atoms with Gasteiger partial charge in [0.2, 0.25) is 0 Å². The second-order valence-corrected chi connectivity index (χ2v) is 5.24. The fourth-order valence-corrected chi connectivity index (χ4v) is 2.45. The van der Waals surface area contributed by atoms with Crippen molar-refractivity contribution in [3.05, 3.63) is 77.0 Å². The number of Topliss-reactive ketones (excluding diaryl/α,β-unsaturated/α-hetero) is 1. The zero-order valence-corrected chi connectivity index (χ0v) is 11.8. The minimum atomic E-state index is -0.735. The van der Waals surface area contributed by atoms with Crippen LogP contribution < -0.4 is 5.32 Å². The maximum absolute atomic E-state index is 12.4. The zero-order valence-electron chi connectivity index (χ0n) is 11.0. The lowest BCUT2D eigenvalue weighted by molar-refractivity contribution is -0.122. The summed E-state index contributed by atoms with van der Waals surface area (Å²) < 4.78 is 0. The van der Waals surface area contributed by atoms with Crippen molar-refractivity contribution in [2.24, 2.45) is 0 Å². The number of rotatable bonds is 3. The van der Waals surface area contributed by atoms with Crippen LogP contribution in [0.3, 0.4) is 0 Å². The van der Waals surface area contributed by atoms with Gasteiger partial charge in [0.25, 0.3) is 0 Å². The number of hydrogen-bond acceptors (Lipinski definition) is 3. The van der Waals surface area contributed by atoms with Gasteiger partial charge in [-0.25, -0.2) is 0 Å². The molecule has 1 aliphatic rings. The van der Waals surface area contributed by atoms with E-state index in [4.69, 9.17) is 11.6 Å². The summed E-state index contributed by atoms with van der Waals surface area (Å²) >= 11 is 5.82. The molecule has 3 rings (SSSR count). The van der Waals surface area contributed by atoms with Gasteiger partial charge in [-0.15, -0.1) is 0 Å². The number of nitrogens with one attached hydrogen (secondary N) is 1. The molecule has 0 bridgehead atoms. The molecule has 1 aliphatic carbocycles. The van der Waals surface area contributed by atoms with E-state index < -0.39 is 5.92 Å². The smallest absolute Gasteiger partial charge is 0.194 e. The molecule has 0 heterocycles. The van der Waals surface area contributed by atoms with Gasteiger partial charge in [-0.2, -0.15) is 0 Å². The number of anilines is 1. The van der Waals surface area contributed by atoms with E-state index in [-0.39, 0.29) is 11.6 Å². The summed E-state index contributed by atoms with van der Waals surface area (Å²) in [5.74, 6) is -1.13. The van der Waals surface area contributed by atoms with Crippen LogP contribution in [-0.2, 0) is 9.59 Å². The molecule has 0 spiro atoms. The Hall–Kier alpha value is -2.39. The average molecular weight is 298 g/mol. The second kappa shape index (κ2) is 5.54. The first-order valence-electron chi connectivity index (χ1n) is 6.52. The Morgan fingerprint density at radius 3 is 2.24 bits per heavy atom. The molecule has 2 aromatic rings. The molecule has 21 heavy (non-hydrogen) atoms. The molecule has 3 nitrogen and oxygen atoms in total. The second-order valence-electron chi connectivity index (χ2n) is 4.80. The van der Waals surface area contributed by atoms with Crippen molar-refractivity contribution in [2.75, 3.05) is 5.32 Å². The summed E-state index contributed by atoms with van der Waals surface area (Å²) in [6, 6.07) is 16.0. The van der Waals surface area contributed by atoms with Gasteiger partial charge in [0, 0.05) is 16.8 Å². The van der Waals surface area contributed by atoms with Crippen molar-refractivity contribution in [3.63, 3.8) is 0 Å². The first kappa shape index (κ1) is 13.6. The maximum atomic E-state index is 12.4. The monoisotopic (exact) mass is 297 g/mol. The van der Waals surface area contributed by atoms with E-state index in [2.05, 4.69) is 5.32 Å². The lowest BCUT2D eigenvalue weighted by Gasteiger charge is -2.10. The van der Waals surface area contributed by atoms with Crippen molar-refractivity contribution < 1.29 is 9.59 Å². The van der Waals surface area contributed by atoms with Gasteiger partial charge in [-0.1, -0.05) is 41.9 Å². The molecule has 0 fully saturated rings. The van der Waals surface area contributed by atoms with Crippen LogP contribution in [0.2, 0.25) is 5.02 Å². The van der Waals surface area contributed by atoms with Gasteiger partial charge in [-0.05, 0) is 29.8 Å². The molecule has 0 saturated heterocycles. The Morgan fingerprint density at radius 1 is 0.905 bits per heavy atom. The molecule has 1 atom stereocenters. The van der Waals surface area contributed by atoms with Crippen LogP contribution in [0.1, 0.15) is 11.5 Å². The zero-order chi connectivity index (χ0) is 14.8. The van der Waals surface area contributed by atoms with E-state index in [1.54, 1.807) is 36.4 Å². The van der Waals surface area contributed by atoms with Crippen molar-refractivity contribution in [3.8, 4) is 0 Å².